The number of hydrogen-bond acceptors (Lipinski definition) is 3. The molecular weight excluding hydrogens is 310 g/mol. The minimum absolute atomic E-state index is 0.0154. The molecular formula is C17H25N3O2S. The Morgan fingerprint density at radius 1 is 1.35 bits per heavy atom. The average Bonchev–Trinajstić information content (AvgIpc) is 3.00. The second kappa shape index (κ2) is 6.91. The summed E-state index contributed by atoms with van der Waals surface area (Å²) in [5.41, 5.74) is 0. The van der Waals surface area contributed by atoms with Gasteiger partial charge in [0.15, 0.2) is 0 Å². The molecule has 126 valence electrons. The summed E-state index contributed by atoms with van der Waals surface area (Å²) in [6, 6.07) is 4.21. The van der Waals surface area contributed by atoms with Gasteiger partial charge in [-0.05, 0) is 51.7 Å². The van der Waals surface area contributed by atoms with Gasteiger partial charge in [0.1, 0.15) is 6.04 Å². The van der Waals surface area contributed by atoms with E-state index in [9.17, 15) is 9.59 Å². The monoisotopic (exact) mass is 335 g/mol. The van der Waals surface area contributed by atoms with Crippen molar-refractivity contribution in [3.63, 3.8) is 0 Å². The van der Waals surface area contributed by atoms with Crippen molar-refractivity contribution in [2.24, 2.45) is 0 Å². The van der Waals surface area contributed by atoms with Crippen molar-refractivity contribution >= 4 is 23.3 Å². The molecule has 2 fully saturated rings. The Bertz CT molecular complexity index is 582. The van der Waals surface area contributed by atoms with Gasteiger partial charge in [-0.25, -0.2) is 4.79 Å². The number of hydrogen-bond donors (Lipinski definition) is 2. The lowest BCUT2D eigenvalue weighted by molar-refractivity contribution is -0.124. The minimum Gasteiger partial charge on any atom is -0.352 e. The highest BCUT2D eigenvalue weighted by Gasteiger charge is 2.36. The normalized spacial score (nSPS) is 22.0. The first kappa shape index (κ1) is 16.3. The first-order valence-electron chi connectivity index (χ1n) is 8.46. The highest BCUT2D eigenvalue weighted by molar-refractivity contribution is 7.11. The molecule has 1 aliphatic heterocycles. The molecule has 2 atom stereocenters. The fraction of sp³-hybridized carbons (Fsp3) is 0.647. The number of thiophene rings is 1. The van der Waals surface area contributed by atoms with Gasteiger partial charge in [0.25, 0.3) is 0 Å². The molecule has 0 bridgehead atoms. The second-order valence-corrected chi connectivity index (χ2v) is 8.07. The predicted molar refractivity (Wildman–Crippen MR) is 91.6 cm³/mol. The maximum absolute atomic E-state index is 12.5. The van der Waals surface area contributed by atoms with Crippen molar-refractivity contribution < 1.29 is 9.59 Å². The van der Waals surface area contributed by atoms with Gasteiger partial charge in [0, 0.05) is 34.8 Å². The minimum atomic E-state index is -0.299. The van der Waals surface area contributed by atoms with Crippen molar-refractivity contribution in [1.29, 1.82) is 0 Å². The molecule has 1 aromatic rings. The molecule has 2 N–H and O–H groups in total. The maximum Gasteiger partial charge on any atom is 0.318 e. The molecule has 3 rings (SSSR count). The Hall–Kier alpha value is -1.56. The Morgan fingerprint density at radius 3 is 2.78 bits per heavy atom. The van der Waals surface area contributed by atoms with E-state index in [1.807, 2.05) is 6.92 Å². The molecule has 0 aromatic carbocycles. The van der Waals surface area contributed by atoms with E-state index in [4.69, 9.17) is 0 Å². The van der Waals surface area contributed by atoms with Gasteiger partial charge in [-0.2, -0.15) is 0 Å². The third kappa shape index (κ3) is 4.25. The van der Waals surface area contributed by atoms with Gasteiger partial charge in [-0.3, -0.25) is 4.79 Å². The molecule has 0 unspecified atom stereocenters. The number of amides is 3. The lowest BCUT2D eigenvalue weighted by Gasteiger charge is -2.26. The molecule has 1 saturated carbocycles. The van der Waals surface area contributed by atoms with Gasteiger partial charge < -0.3 is 15.5 Å². The first-order valence-corrected chi connectivity index (χ1v) is 9.27. The van der Waals surface area contributed by atoms with E-state index in [0.29, 0.717) is 12.6 Å². The molecule has 6 heteroatoms. The molecule has 0 spiro atoms. The number of carbonyl (C=O) groups excluding carboxylic acids is 2. The van der Waals surface area contributed by atoms with E-state index in [-0.39, 0.29) is 24.0 Å². The van der Waals surface area contributed by atoms with Crippen LogP contribution in [0.3, 0.4) is 0 Å². The van der Waals surface area contributed by atoms with E-state index in [1.54, 1.807) is 16.2 Å². The zero-order chi connectivity index (χ0) is 16.4. The largest absolute Gasteiger partial charge is 0.352 e. The summed E-state index contributed by atoms with van der Waals surface area (Å²) >= 11 is 1.77. The first-order chi connectivity index (χ1) is 11.0. The molecule has 23 heavy (non-hydrogen) atoms. The number of aryl methyl sites for hydroxylation is 1. The van der Waals surface area contributed by atoms with Crippen molar-refractivity contribution in [2.45, 2.75) is 64.1 Å². The summed E-state index contributed by atoms with van der Waals surface area (Å²) in [5, 5.41) is 6.06. The van der Waals surface area contributed by atoms with Crippen molar-refractivity contribution in [3.8, 4) is 0 Å². The molecule has 1 aliphatic carbocycles. The van der Waals surface area contributed by atoms with Crippen LogP contribution in [0, 0.1) is 6.92 Å². The van der Waals surface area contributed by atoms with Gasteiger partial charge in [0.2, 0.25) is 5.91 Å². The fourth-order valence-electron chi connectivity index (χ4n) is 3.05. The highest BCUT2D eigenvalue weighted by atomic mass is 32.1. The van der Waals surface area contributed by atoms with Gasteiger partial charge in [0.05, 0.1) is 0 Å². The van der Waals surface area contributed by atoms with Gasteiger partial charge >= 0.3 is 6.03 Å². The van der Waals surface area contributed by atoms with Crippen LogP contribution in [0.5, 0.6) is 0 Å². The number of nitrogens with one attached hydrogen (secondary N) is 2. The van der Waals surface area contributed by atoms with Crippen LogP contribution in [0.2, 0.25) is 0 Å². The van der Waals surface area contributed by atoms with Crippen LogP contribution in [0.4, 0.5) is 4.79 Å². The Labute approximate surface area is 141 Å². The number of rotatable bonds is 5. The van der Waals surface area contributed by atoms with Crippen LogP contribution in [-0.4, -0.2) is 41.5 Å². The second-order valence-electron chi connectivity index (χ2n) is 6.70. The number of carbonyl (C=O) groups is 2. The number of urea groups is 1. The van der Waals surface area contributed by atoms with Crippen LogP contribution in [0.15, 0.2) is 12.1 Å². The zero-order valence-electron chi connectivity index (χ0n) is 13.8. The van der Waals surface area contributed by atoms with E-state index < -0.39 is 0 Å². The highest BCUT2D eigenvalue weighted by Crippen LogP contribution is 2.22. The number of likely N-dealkylation sites (tertiary alicyclic amines) is 1. The SMILES string of the molecule is Cc1ccc(C[C@@H](C)NC(=O)N2CCC[C@H]2C(=O)NC2CC2)s1. The summed E-state index contributed by atoms with van der Waals surface area (Å²) in [5.74, 6) is 0.0154. The van der Waals surface area contributed by atoms with E-state index in [2.05, 4.69) is 29.7 Å². The van der Waals surface area contributed by atoms with E-state index >= 15 is 0 Å². The third-order valence-corrected chi connectivity index (χ3v) is 5.44. The van der Waals surface area contributed by atoms with Crippen molar-refractivity contribution in [1.82, 2.24) is 15.5 Å². The van der Waals surface area contributed by atoms with Crippen LogP contribution < -0.4 is 10.6 Å². The van der Waals surface area contributed by atoms with E-state index in [0.717, 1.165) is 32.1 Å². The Kier molecular flexibility index (Phi) is 4.90. The summed E-state index contributed by atoms with van der Waals surface area (Å²) in [6.45, 7) is 4.77. The average molecular weight is 335 g/mol. The molecule has 2 aliphatic rings. The van der Waals surface area contributed by atoms with E-state index in [1.165, 1.54) is 9.75 Å². The zero-order valence-corrected chi connectivity index (χ0v) is 14.6. The number of nitrogens with zero attached hydrogens (tertiary/aromatic N) is 1. The predicted octanol–water partition coefficient (Wildman–Crippen LogP) is 2.44. The van der Waals surface area contributed by atoms with Gasteiger partial charge in [-0.1, -0.05) is 0 Å². The molecule has 1 saturated heterocycles. The van der Waals surface area contributed by atoms with Crippen LogP contribution in [0.25, 0.3) is 0 Å². The van der Waals surface area contributed by atoms with Crippen LogP contribution in [-0.2, 0) is 11.2 Å². The third-order valence-electron chi connectivity index (χ3n) is 4.41. The van der Waals surface area contributed by atoms with Crippen LogP contribution >= 0.6 is 11.3 Å². The summed E-state index contributed by atoms with van der Waals surface area (Å²) < 4.78 is 0. The fourth-order valence-corrected chi connectivity index (χ4v) is 4.07. The van der Waals surface area contributed by atoms with Crippen molar-refractivity contribution in [3.05, 3.63) is 21.9 Å². The Balaban J connectivity index is 1.52. The quantitative estimate of drug-likeness (QED) is 0.868. The molecule has 2 heterocycles. The Morgan fingerprint density at radius 2 is 2.13 bits per heavy atom. The summed E-state index contributed by atoms with van der Waals surface area (Å²) in [7, 11) is 0. The standard InChI is InChI=1S/C17H25N3O2S/c1-11(10-14-8-5-12(2)23-14)18-17(22)20-9-3-4-15(20)16(21)19-13-6-7-13/h5,8,11,13,15H,3-4,6-7,9-10H2,1-2H3,(H,18,22)(H,19,21)/t11-,15+/m1/s1. The van der Waals surface area contributed by atoms with Gasteiger partial charge in [-0.15, -0.1) is 11.3 Å². The molecule has 1 aromatic heterocycles. The topological polar surface area (TPSA) is 61.4 Å². The lowest BCUT2D eigenvalue weighted by atomic mass is 10.2. The smallest absolute Gasteiger partial charge is 0.318 e. The summed E-state index contributed by atoms with van der Waals surface area (Å²) in [6.07, 6.45) is 4.64. The molecule has 0 radical (unpaired) electrons. The van der Waals surface area contributed by atoms with Crippen LogP contribution in [0.1, 0.15) is 42.4 Å². The maximum atomic E-state index is 12.5. The molecule has 5 nitrogen and oxygen atoms in total. The molecule has 3 amide bonds. The van der Waals surface area contributed by atoms with Crippen molar-refractivity contribution in [2.75, 3.05) is 6.54 Å². The lowest BCUT2D eigenvalue weighted by Crippen LogP contribution is -2.51. The summed E-state index contributed by atoms with van der Waals surface area (Å²) in [4.78, 5) is 29.0.